The molecule has 0 radical (unpaired) electrons. The predicted molar refractivity (Wildman–Crippen MR) is 65.7 cm³/mol. The zero-order valence-corrected chi connectivity index (χ0v) is 10.1. The third-order valence-electron chi connectivity index (χ3n) is 2.58. The number of hydrogen-bond acceptors (Lipinski definition) is 4. The normalized spacial score (nSPS) is 17.3. The number of benzene rings is 1. The Kier molecular flexibility index (Phi) is 4.55. The van der Waals surface area contributed by atoms with Crippen LogP contribution in [0.25, 0.3) is 0 Å². The molecule has 1 fully saturated rings. The van der Waals surface area contributed by atoms with Gasteiger partial charge in [-0.3, -0.25) is 4.79 Å². The highest BCUT2D eigenvalue weighted by atomic mass is 16.6. The summed E-state index contributed by atoms with van der Waals surface area (Å²) < 4.78 is 10.5. The molecule has 5 nitrogen and oxygen atoms in total. The number of ether oxygens (including phenoxy) is 2. The number of carbonyl (C=O) groups excluding carboxylic acids is 1. The van der Waals surface area contributed by atoms with Crippen LogP contribution in [0.2, 0.25) is 0 Å². The molecule has 98 valence electrons. The van der Waals surface area contributed by atoms with Gasteiger partial charge in [0, 0.05) is 18.7 Å². The zero-order chi connectivity index (χ0) is 12.8. The third-order valence-corrected chi connectivity index (χ3v) is 2.58. The zero-order valence-electron chi connectivity index (χ0n) is 10.1. The Bertz CT molecular complexity index is 386. The van der Waals surface area contributed by atoms with Gasteiger partial charge < -0.3 is 19.9 Å². The average molecular weight is 251 g/mol. The Hall–Kier alpha value is -1.59. The quantitative estimate of drug-likeness (QED) is 0.549. The van der Waals surface area contributed by atoms with Crippen LogP contribution >= 0.6 is 0 Å². The van der Waals surface area contributed by atoms with Crippen LogP contribution in [-0.4, -0.2) is 43.5 Å². The molecule has 1 heterocycles. The van der Waals surface area contributed by atoms with E-state index in [0.29, 0.717) is 25.1 Å². The van der Waals surface area contributed by atoms with Crippen molar-refractivity contribution in [1.29, 1.82) is 0 Å². The van der Waals surface area contributed by atoms with Crippen molar-refractivity contribution in [2.45, 2.75) is 12.5 Å². The highest BCUT2D eigenvalue weighted by Crippen LogP contribution is 2.15. The summed E-state index contributed by atoms with van der Waals surface area (Å²) in [6.07, 6.45) is 0.792. The molecule has 0 aliphatic carbocycles. The molecule has 5 heteroatoms. The first kappa shape index (κ1) is 12.9. The summed E-state index contributed by atoms with van der Waals surface area (Å²) in [6.45, 7) is 1.89. The van der Waals surface area contributed by atoms with Gasteiger partial charge >= 0.3 is 0 Å². The molecule has 1 aromatic rings. The van der Waals surface area contributed by atoms with Crippen LogP contribution in [0.1, 0.15) is 16.8 Å². The van der Waals surface area contributed by atoms with Crippen LogP contribution in [0.3, 0.4) is 0 Å². The molecule has 1 aliphatic heterocycles. The van der Waals surface area contributed by atoms with E-state index in [1.165, 1.54) is 0 Å². The minimum absolute atomic E-state index is 0.0797. The van der Waals surface area contributed by atoms with Crippen LogP contribution < -0.4 is 10.1 Å². The molecule has 2 N–H and O–H groups in total. The molecule has 1 unspecified atom stereocenters. The SMILES string of the molecule is O=C(NCCCO)c1ccc(OCC2CO2)cc1. The number of hydrogen-bond donors (Lipinski definition) is 2. The van der Waals surface area contributed by atoms with Gasteiger partial charge in [0.05, 0.1) is 6.61 Å². The van der Waals surface area contributed by atoms with E-state index in [0.717, 1.165) is 12.4 Å². The van der Waals surface area contributed by atoms with Gasteiger partial charge in [-0.1, -0.05) is 0 Å². The van der Waals surface area contributed by atoms with Crippen molar-refractivity contribution in [3.63, 3.8) is 0 Å². The molecule has 18 heavy (non-hydrogen) atoms. The standard InChI is InChI=1S/C13H17NO4/c15-7-1-6-14-13(16)10-2-4-11(5-3-10)17-8-12-9-18-12/h2-5,12,15H,1,6-9H2,(H,14,16). The highest BCUT2D eigenvalue weighted by Gasteiger charge is 2.22. The predicted octanol–water partition coefficient (Wildman–Crippen LogP) is 0.576. The lowest BCUT2D eigenvalue weighted by Gasteiger charge is -2.06. The smallest absolute Gasteiger partial charge is 0.251 e. The number of carbonyl (C=O) groups is 1. The van der Waals surface area contributed by atoms with E-state index in [4.69, 9.17) is 14.6 Å². The van der Waals surface area contributed by atoms with E-state index >= 15 is 0 Å². The number of aliphatic hydroxyl groups is 1. The maximum Gasteiger partial charge on any atom is 0.251 e. The van der Waals surface area contributed by atoms with Crippen LogP contribution in [-0.2, 0) is 4.74 Å². The topological polar surface area (TPSA) is 71.1 Å². The molecule has 1 aliphatic rings. The van der Waals surface area contributed by atoms with E-state index in [1.54, 1.807) is 24.3 Å². The fourth-order valence-electron chi connectivity index (χ4n) is 1.44. The van der Waals surface area contributed by atoms with Crippen molar-refractivity contribution in [3.05, 3.63) is 29.8 Å². The summed E-state index contributed by atoms with van der Waals surface area (Å²) in [6, 6.07) is 6.97. The van der Waals surface area contributed by atoms with Crippen molar-refractivity contribution in [2.24, 2.45) is 0 Å². The molecule has 2 rings (SSSR count). The average Bonchev–Trinajstić information content (AvgIpc) is 3.21. The second-order valence-electron chi connectivity index (χ2n) is 4.12. The summed E-state index contributed by atoms with van der Waals surface area (Å²) in [4.78, 5) is 11.7. The highest BCUT2D eigenvalue weighted by molar-refractivity contribution is 5.94. The Morgan fingerprint density at radius 1 is 1.44 bits per heavy atom. The molecular weight excluding hydrogens is 234 g/mol. The van der Waals surface area contributed by atoms with E-state index in [9.17, 15) is 4.79 Å². The lowest BCUT2D eigenvalue weighted by Crippen LogP contribution is -2.24. The summed E-state index contributed by atoms with van der Waals surface area (Å²) in [7, 11) is 0. The Morgan fingerprint density at radius 2 is 2.17 bits per heavy atom. The Labute approximate surface area is 106 Å². The maximum atomic E-state index is 11.7. The molecule has 0 saturated carbocycles. The first-order chi connectivity index (χ1) is 8.79. The van der Waals surface area contributed by atoms with E-state index in [-0.39, 0.29) is 18.6 Å². The second kappa shape index (κ2) is 6.37. The van der Waals surface area contributed by atoms with Crippen LogP contribution in [0.4, 0.5) is 0 Å². The fraction of sp³-hybridized carbons (Fsp3) is 0.462. The summed E-state index contributed by atoms with van der Waals surface area (Å²) in [5.41, 5.74) is 0.586. The van der Waals surface area contributed by atoms with Crippen LogP contribution in [0.15, 0.2) is 24.3 Å². The van der Waals surface area contributed by atoms with Crippen molar-refractivity contribution in [3.8, 4) is 5.75 Å². The molecule has 1 aromatic carbocycles. The van der Waals surface area contributed by atoms with E-state index in [2.05, 4.69) is 5.32 Å². The number of aliphatic hydroxyl groups excluding tert-OH is 1. The third kappa shape index (κ3) is 4.01. The molecule has 0 spiro atoms. The molecule has 1 saturated heterocycles. The van der Waals surface area contributed by atoms with Gasteiger partial charge in [0.1, 0.15) is 18.5 Å². The van der Waals surface area contributed by atoms with Gasteiger partial charge in [-0.25, -0.2) is 0 Å². The summed E-state index contributed by atoms with van der Waals surface area (Å²) >= 11 is 0. The lowest BCUT2D eigenvalue weighted by molar-refractivity contribution is 0.0951. The molecule has 1 amide bonds. The van der Waals surface area contributed by atoms with Gasteiger partial charge in [-0.15, -0.1) is 0 Å². The number of rotatable bonds is 7. The number of epoxide rings is 1. The number of nitrogens with one attached hydrogen (secondary N) is 1. The first-order valence-corrected chi connectivity index (χ1v) is 6.03. The Balaban J connectivity index is 1.79. The van der Waals surface area contributed by atoms with Gasteiger partial charge in [0.25, 0.3) is 5.91 Å². The molecular formula is C13H17NO4. The lowest BCUT2D eigenvalue weighted by atomic mass is 10.2. The van der Waals surface area contributed by atoms with E-state index < -0.39 is 0 Å². The summed E-state index contributed by atoms with van der Waals surface area (Å²) in [5.74, 6) is 0.595. The van der Waals surface area contributed by atoms with E-state index in [1.807, 2.05) is 0 Å². The van der Waals surface area contributed by atoms with Crippen molar-refractivity contribution < 1.29 is 19.4 Å². The fourth-order valence-corrected chi connectivity index (χ4v) is 1.44. The van der Waals surface area contributed by atoms with Crippen molar-refractivity contribution in [1.82, 2.24) is 5.32 Å². The summed E-state index contributed by atoms with van der Waals surface area (Å²) in [5, 5.41) is 11.3. The van der Waals surface area contributed by atoms with Gasteiger partial charge in [-0.05, 0) is 30.7 Å². The van der Waals surface area contributed by atoms with Crippen molar-refractivity contribution in [2.75, 3.05) is 26.4 Å². The first-order valence-electron chi connectivity index (χ1n) is 6.03. The largest absolute Gasteiger partial charge is 0.491 e. The minimum Gasteiger partial charge on any atom is -0.491 e. The van der Waals surface area contributed by atoms with Crippen LogP contribution in [0.5, 0.6) is 5.75 Å². The number of amides is 1. The van der Waals surface area contributed by atoms with Crippen molar-refractivity contribution >= 4 is 5.91 Å². The second-order valence-corrected chi connectivity index (χ2v) is 4.12. The molecule has 1 atom stereocenters. The maximum absolute atomic E-state index is 11.7. The molecule has 0 bridgehead atoms. The minimum atomic E-state index is -0.138. The van der Waals surface area contributed by atoms with Gasteiger partial charge in [0.2, 0.25) is 0 Å². The van der Waals surface area contributed by atoms with Gasteiger partial charge in [0.15, 0.2) is 0 Å². The Morgan fingerprint density at radius 3 is 2.78 bits per heavy atom. The van der Waals surface area contributed by atoms with Gasteiger partial charge in [-0.2, -0.15) is 0 Å². The molecule has 0 aromatic heterocycles. The monoisotopic (exact) mass is 251 g/mol. The van der Waals surface area contributed by atoms with Crippen LogP contribution in [0, 0.1) is 0 Å².